The standard InChI is InChI=1S/C18H22N2O4S/c21-16(19-11-13-5-4-10-23-13)12-24-18(22)9-3-8-17-20-14-6-1-2-7-15(14)25-17/h1-2,6-7,13H,3-5,8-12H2,(H,19,21)/t13-/m0/s1. The molecule has 134 valence electrons. The topological polar surface area (TPSA) is 77.5 Å². The molecule has 25 heavy (non-hydrogen) atoms. The molecule has 1 aromatic carbocycles. The molecule has 0 aliphatic carbocycles. The predicted molar refractivity (Wildman–Crippen MR) is 95.5 cm³/mol. The first-order valence-corrected chi connectivity index (χ1v) is 9.41. The number of benzene rings is 1. The van der Waals surface area contributed by atoms with Crippen molar-refractivity contribution in [2.45, 2.75) is 38.2 Å². The van der Waals surface area contributed by atoms with Gasteiger partial charge in [0.2, 0.25) is 0 Å². The summed E-state index contributed by atoms with van der Waals surface area (Å²) >= 11 is 1.65. The van der Waals surface area contributed by atoms with Gasteiger partial charge in [-0.05, 0) is 37.8 Å². The summed E-state index contributed by atoms with van der Waals surface area (Å²) in [4.78, 5) is 27.9. The minimum absolute atomic E-state index is 0.0912. The first-order chi connectivity index (χ1) is 12.2. The number of thiazole rings is 1. The van der Waals surface area contributed by atoms with E-state index < -0.39 is 0 Å². The van der Waals surface area contributed by atoms with E-state index in [0.717, 1.165) is 41.1 Å². The van der Waals surface area contributed by atoms with Crippen molar-refractivity contribution >= 4 is 33.4 Å². The Morgan fingerprint density at radius 2 is 2.24 bits per heavy atom. The second-order valence-electron chi connectivity index (χ2n) is 6.03. The van der Waals surface area contributed by atoms with Crippen LogP contribution in [0, 0.1) is 0 Å². The van der Waals surface area contributed by atoms with Crippen LogP contribution >= 0.6 is 11.3 Å². The largest absolute Gasteiger partial charge is 0.456 e. The fourth-order valence-electron chi connectivity index (χ4n) is 2.71. The third kappa shape index (κ3) is 5.51. The van der Waals surface area contributed by atoms with Crippen molar-refractivity contribution in [3.05, 3.63) is 29.3 Å². The lowest BCUT2D eigenvalue weighted by Crippen LogP contribution is -2.34. The number of aryl methyl sites for hydroxylation is 1. The van der Waals surface area contributed by atoms with Crippen LogP contribution in [0.5, 0.6) is 0 Å². The molecule has 3 rings (SSSR count). The lowest BCUT2D eigenvalue weighted by atomic mass is 10.2. The Labute approximate surface area is 150 Å². The van der Waals surface area contributed by atoms with Crippen LogP contribution in [0.3, 0.4) is 0 Å². The molecule has 1 aliphatic rings. The lowest BCUT2D eigenvalue weighted by Gasteiger charge is -2.10. The quantitative estimate of drug-likeness (QED) is 0.730. The van der Waals surface area contributed by atoms with E-state index in [1.165, 1.54) is 0 Å². The number of esters is 1. The molecule has 0 saturated carbocycles. The Morgan fingerprint density at radius 1 is 1.36 bits per heavy atom. The number of hydrogen-bond donors (Lipinski definition) is 1. The van der Waals surface area contributed by atoms with Crippen LogP contribution in [-0.4, -0.2) is 42.7 Å². The van der Waals surface area contributed by atoms with Gasteiger partial charge >= 0.3 is 5.97 Å². The van der Waals surface area contributed by atoms with Gasteiger partial charge in [0, 0.05) is 19.6 Å². The van der Waals surface area contributed by atoms with Gasteiger partial charge in [0.05, 0.1) is 21.3 Å². The van der Waals surface area contributed by atoms with Gasteiger partial charge < -0.3 is 14.8 Å². The maximum absolute atomic E-state index is 11.7. The van der Waals surface area contributed by atoms with Crippen molar-refractivity contribution < 1.29 is 19.1 Å². The Kier molecular flexibility index (Phi) is 6.36. The molecule has 0 bridgehead atoms. The summed E-state index contributed by atoms with van der Waals surface area (Å²) in [5.41, 5.74) is 0.994. The molecular weight excluding hydrogens is 340 g/mol. The normalized spacial score (nSPS) is 16.9. The highest BCUT2D eigenvalue weighted by Gasteiger charge is 2.16. The molecule has 1 aromatic heterocycles. The third-order valence-electron chi connectivity index (χ3n) is 4.02. The van der Waals surface area contributed by atoms with Gasteiger partial charge in [0.25, 0.3) is 5.91 Å². The van der Waals surface area contributed by atoms with Gasteiger partial charge in [0.15, 0.2) is 6.61 Å². The summed E-state index contributed by atoms with van der Waals surface area (Å²) in [7, 11) is 0. The summed E-state index contributed by atoms with van der Waals surface area (Å²) in [5, 5.41) is 3.74. The summed E-state index contributed by atoms with van der Waals surface area (Å²) < 4.78 is 11.6. The van der Waals surface area contributed by atoms with E-state index in [1.54, 1.807) is 11.3 Å². The Morgan fingerprint density at radius 3 is 3.04 bits per heavy atom. The molecule has 2 aromatic rings. The van der Waals surface area contributed by atoms with Crippen LogP contribution in [0.15, 0.2) is 24.3 Å². The van der Waals surface area contributed by atoms with Gasteiger partial charge in [0.1, 0.15) is 0 Å². The van der Waals surface area contributed by atoms with Gasteiger partial charge in [-0.3, -0.25) is 9.59 Å². The molecule has 0 unspecified atom stereocenters. The van der Waals surface area contributed by atoms with Crippen molar-refractivity contribution in [1.82, 2.24) is 10.3 Å². The first-order valence-electron chi connectivity index (χ1n) is 8.59. The van der Waals surface area contributed by atoms with Crippen molar-refractivity contribution in [3.63, 3.8) is 0 Å². The van der Waals surface area contributed by atoms with Crippen LogP contribution in [0.25, 0.3) is 10.2 Å². The first kappa shape index (κ1) is 17.8. The number of carbonyl (C=O) groups is 2. The molecule has 1 aliphatic heterocycles. The van der Waals surface area contributed by atoms with Crippen LogP contribution in [0.4, 0.5) is 0 Å². The van der Waals surface area contributed by atoms with Crippen molar-refractivity contribution in [1.29, 1.82) is 0 Å². The molecule has 0 radical (unpaired) electrons. The molecule has 7 heteroatoms. The minimum atomic E-state index is -0.353. The van der Waals surface area contributed by atoms with Crippen molar-refractivity contribution in [3.8, 4) is 0 Å². The SMILES string of the molecule is O=C(COC(=O)CCCc1nc2ccccc2s1)NC[C@@H]1CCCO1. The molecule has 0 spiro atoms. The van der Waals surface area contributed by atoms with E-state index >= 15 is 0 Å². The summed E-state index contributed by atoms with van der Waals surface area (Å²) in [5.74, 6) is -0.636. The highest BCUT2D eigenvalue weighted by Crippen LogP contribution is 2.22. The molecule has 2 heterocycles. The molecule has 6 nitrogen and oxygen atoms in total. The highest BCUT2D eigenvalue weighted by atomic mass is 32.1. The van der Waals surface area contributed by atoms with Gasteiger partial charge in [-0.25, -0.2) is 4.98 Å². The van der Waals surface area contributed by atoms with E-state index in [4.69, 9.17) is 9.47 Å². The van der Waals surface area contributed by atoms with E-state index in [0.29, 0.717) is 13.0 Å². The van der Waals surface area contributed by atoms with Crippen LogP contribution < -0.4 is 5.32 Å². The van der Waals surface area contributed by atoms with E-state index in [-0.39, 0.29) is 31.0 Å². The average Bonchev–Trinajstić information content (AvgIpc) is 3.27. The number of nitrogens with one attached hydrogen (secondary N) is 1. The zero-order chi connectivity index (χ0) is 17.5. The number of carbonyl (C=O) groups excluding carboxylic acids is 2. The number of para-hydroxylation sites is 1. The zero-order valence-electron chi connectivity index (χ0n) is 14.0. The number of fused-ring (bicyclic) bond motifs is 1. The molecule has 1 saturated heterocycles. The summed E-state index contributed by atoms with van der Waals surface area (Å²) in [6.07, 6.45) is 3.77. The van der Waals surface area contributed by atoms with Gasteiger partial charge in [-0.1, -0.05) is 12.1 Å². The number of nitrogens with zero attached hydrogens (tertiary/aromatic N) is 1. The summed E-state index contributed by atoms with van der Waals surface area (Å²) in [6.45, 7) is 1.00. The monoisotopic (exact) mass is 362 g/mol. The maximum atomic E-state index is 11.7. The second kappa shape index (κ2) is 8.92. The number of aromatic nitrogens is 1. The van der Waals surface area contributed by atoms with Crippen LogP contribution in [0.1, 0.15) is 30.7 Å². The zero-order valence-corrected chi connectivity index (χ0v) is 14.8. The van der Waals surface area contributed by atoms with E-state index in [2.05, 4.69) is 10.3 Å². The second-order valence-corrected chi connectivity index (χ2v) is 7.14. The minimum Gasteiger partial charge on any atom is -0.456 e. The Hall–Kier alpha value is -1.99. The number of rotatable bonds is 8. The molecule has 1 amide bonds. The lowest BCUT2D eigenvalue weighted by molar-refractivity contribution is -0.148. The number of hydrogen-bond acceptors (Lipinski definition) is 6. The Bertz CT molecular complexity index is 692. The van der Waals surface area contributed by atoms with Crippen molar-refractivity contribution in [2.75, 3.05) is 19.8 Å². The predicted octanol–water partition coefficient (Wildman–Crippen LogP) is 2.46. The number of amides is 1. The van der Waals surface area contributed by atoms with Gasteiger partial charge in [-0.15, -0.1) is 11.3 Å². The fraction of sp³-hybridized carbons (Fsp3) is 0.500. The van der Waals surface area contributed by atoms with E-state index in [1.807, 2.05) is 24.3 Å². The molecule has 1 N–H and O–H groups in total. The van der Waals surface area contributed by atoms with Crippen LogP contribution in [0.2, 0.25) is 0 Å². The average molecular weight is 362 g/mol. The van der Waals surface area contributed by atoms with Crippen molar-refractivity contribution in [2.24, 2.45) is 0 Å². The molecule has 1 fully saturated rings. The van der Waals surface area contributed by atoms with E-state index in [9.17, 15) is 9.59 Å². The third-order valence-corrected chi connectivity index (χ3v) is 5.12. The highest BCUT2D eigenvalue weighted by molar-refractivity contribution is 7.18. The Balaban J connectivity index is 1.30. The van der Waals surface area contributed by atoms with Crippen LogP contribution in [-0.2, 0) is 25.5 Å². The number of ether oxygens (including phenoxy) is 2. The summed E-state index contributed by atoms with van der Waals surface area (Å²) in [6, 6.07) is 7.98. The smallest absolute Gasteiger partial charge is 0.306 e. The van der Waals surface area contributed by atoms with Gasteiger partial charge in [-0.2, -0.15) is 0 Å². The molecular formula is C18H22N2O4S. The molecule has 1 atom stereocenters. The fourth-order valence-corrected chi connectivity index (χ4v) is 3.72. The maximum Gasteiger partial charge on any atom is 0.306 e.